The first-order valence-corrected chi connectivity index (χ1v) is 5.97. The number of aliphatic hydroxyl groups is 1. The van der Waals surface area contributed by atoms with Crippen molar-refractivity contribution in [1.29, 1.82) is 0 Å². The smallest absolute Gasteiger partial charge is 0.251 e. The Hall–Kier alpha value is -1.79. The van der Waals surface area contributed by atoms with Crippen LogP contribution in [0.15, 0.2) is 18.2 Å². The van der Waals surface area contributed by atoms with Crippen molar-refractivity contribution in [1.82, 2.24) is 5.32 Å². The summed E-state index contributed by atoms with van der Waals surface area (Å²) in [5, 5.41) is 12.1. The van der Waals surface area contributed by atoms with Crippen LogP contribution in [0.4, 0.5) is 11.4 Å². The largest absolute Gasteiger partial charge is 0.397 e. The van der Waals surface area contributed by atoms with Gasteiger partial charge in [-0.05, 0) is 18.2 Å². The zero-order chi connectivity index (χ0) is 14.4. The fourth-order valence-corrected chi connectivity index (χ4v) is 1.67. The van der Waals surface area contributed by atoms with Crippen molar-refractivity contribution in [2.75, 3.05) is 45.0 Å². The number of nitrogens with zero attached hydrogens (tertiary/aromatic N) is 1. The van der Waals surface area contributed by atoms with Crippen molar-refractivity contribution in [2.24, 2.45) is 0 Å². The highest BCUT2D eigenvalue weighted by atomic mass is 16.5. The predicted octanol–water partition coefficient (Wildman–Crippen LogP) is 0.0719. The lowest BCUT2D eigenvalue weighted by Gasteiger charge is -2.16. The second-order valence-electron chi connectivity index (χ2n) is 4.49. The van der Waals surface area contributed by atoms with E-state index in [-0.39, 0.29) is 19.1 Å². The van der Waals surface area contributed by atoms with Gasteiger partial charge in [0, 0.05) is 33.3 Å². The Labute approximate surface area is 113 Å². The zero-order valence-corrected chi connectivity index (χ0v) is 11.5. The van der Waals surface area contributed by atoms with E-state index in [2.05, 4.69) is 5.32 Å². The summed E-state index contributed by atoms with van der Waals surface area (Å²) in [5.74, 6) is -0.271. The van der Waals surface area contributed by atoms with Gasteiger partial charge in [-0.1, -0.05) is 0 Å². The van der Waals surface area contributed by atoms with Gasteiger partial charge in [-0.15, -0.1) is 0 Å². The Morgan fingerprint density at radius 3 is 2.74 bits per heavy atom. The van der Waals surface area contributed by atoms with E-state index in [0.29, 0.717) is 11.3 Å². The summed E-state index contributed by atoms with van der Waals surface area (Å²) in [4.78, 5) is 13.7. The molecular weight excluding hydrogens is 246 g/mol. The van der Waals surface area contributed by atoms with E-state index in [0.717, 1.165) is 5.69 Å². The van der Waals surface area contributed by atoms with Crippen molar-refractivity contribution in [3.8, 4) is 0 Å². The average molecular weight is 267 g/mol. The Kier molecular flexibility index (Phi) is 5.59. The number of rotatable bonds is 6. The van der Waals surface area contributed by atoms with Gasteiger partial charge in [0.15, 0.2) is 0 Å². The van der Waals surface area contributed by atoms with Crippen LogP contribution in [0.2, 0.25) is 0 Å². The Morgan fingerprint density at radius 2 is 2.21 bits per heavy atom. The molecule has 1 aromatic carbocycles. The number of nitrogen functional groups attached to an aromatic ring is 1. The molecule has 0 saturated carbocycles. The summed E-state index contributed by atoms with van der Waals surface area (Å²) in [6.45, 7) is 0.323. The highest BCUT2D eigenvalue weighted by Gasteiger charge is 2.11. The molecule has 6 heteroatoms. The number of hydrogen-bond donors (Lipinski definition) is 3. The lowest BCUT2D eigenvalue weighted by molar-refractivity contribution is 0.0610. The van der Waals surface area contributed by atoms with Gasteiger partial charge in [-0.25, -0.2) is 0 Å². The SMILES string of the molecule is COCC(O)CNC(=O)c1ccc(N(C)C)c(N)c1. The van der Waals surface area contributed by atoms with Crippen LogP contribution in [0.25, 0.3) is 0 Å². The molecule has 0 radical (unpaired) electrons. The molecule has 0 aliphatic carbocycles. The van der Waals surface area contributed by atoms with E-state index >= 15 is 0 Å². The van der Waals surface area contributed by atoms with Gasteiger partial charge in [-0.2, -0.15) is 0 Å². The van der Waals surface area contributed by atoms with Crippen molar-refractivity contribution in [3.05, 3.63) is 23.8 Å². The van der Waals surface area contributed by atoms with Crippen LogP contribution in [0.5, 0.6) is 0 Å². The number of benzene rings is 1. The Morgan fingerprint density at radius 1 is 1.53 bits per heavy atom. The molecule has 1 rings (SSSR count). The van der Waals surface area contributed by atoms with Crippen LogP contribution in [0.3, 0.4) is 0 Å². The number of nitrogens with one attached hydrogen (secondary N) is 1. The molecule has 0 aliphatic heterocycles. The number of amides is 1. The van der Waals surface area contributed by atoms with Gasteiger partial charge in [-0.3, -0.25) is 4.79 Å². The lowest BCUT2D eigenvalue weighted by atomic mass is 10.1. The van der Waals surface area contributed by atoms with E-state index in [1.165, 1.54) is 7.11 Å². The quantitative estimate of drug-likeness (QED) is 0.635. The molecule has 0 aliphatic rings. The molecule has 1 amide bonds. The molecule has 4 N–H and O–H groups in total. The normalized spacial score (nSPS) is 12.0. The molecule has 1 unspecified atom stereocenters. The summed E-state index contributed by atoms with van der Waals surface area (Å²) in [6, 6.07) is 5.10. The second-order valence-corrected chi connectivity index (χ2v) is 4.49. The number of nitrogens with two attached hydrogens (primary N) is 1. The summed E-state index contributed by atoms with van der Waals surface area (Å²) in [7, 11) is 5.25. The maximum absolute atomic E-state index is 11.9. The molecule has 1 aromatic rings. The minimum atomic E-state index is -0.715. The summed E-state index contributed by atoms with van der Waals surface area (Å²) in [6.07, 6.45) is -0.715. The number of anilines is 2. The molecular formula is C13H21N3O3. The van der Waals surface area contributed by atoms with E-state index in [1.54, 1.807) is 18.2 Å². The molecule has 0 aromatic heterocycles. The number of methoxy groups -OCH3 is 1. The number of hydrogen-bond acceptors (Lipinski definition) is 5. The van der Waals surface area contributed by atoms with Crippen molar-refractivity contribution >= 4 is 17.3 Å². The third-order valence-electron chi connectivity index (χ3n) is 2.63. The first-order valence-electron chi connectivity index (χ1n) is 5.97. The molecule has 0 bridgehead atoms. The third kappa shape index (κ3) is 4.42. The molecule has 0 fully saturated rings. The third-order valence-corrected chi connectivity index (χ3v) is 2.63. The molecule has 1 atom stereocenters. The molecule has 19 heavy (non-hydrogen) atoms. The van der Waals surface area contributed by atoms with Crippen molar-refractivity contribution in [3.63, 3.8) is 0 Å². The topological polar surface area (TPSA) is 87.8 Å². The summed E-state index contributed by atoms with van der Waals surface area (Å²) < 4.78 is 4.78. The Balaban J connectivity index is 2.65. The standard InChI is InChI=1S/C13H21N3O3/c1-16(2)12-5-4-9(6-11(12)14)13(18)15-7-10(17)8-19-3/h4-6,10,17H,7-8,14H2,1-3H3,(H,15,18). The molecule has 6 nitrogen and oxygen atoms in total. The predicted molar refractivity (Wildman–Crippen MR) is 75.4 cm³/mol. The van der Waals surface area contributed by atoms with E-state index in [4.69, 9.17) is 10.5 Å². The minimum Gasteiger partial charge on any atom is -0.397 e. The second kappa shape index (κ2) is 6.96. The highest BCUT2D eigenvalue weighted by molar-refractivity contribution is 5.96. The van der Waals surface area contributed by atoms with Crippen LogP contribution in [0.1, 0.15) is 10.4 Å². The summed E-state index contributed by atoms with van der Waals surface area (Å²) >= 11 is 0. The van der Waals surface area contributed by atoms with E-state index < -0.39 is 6.10 Å². The van der Waals surface area contributed by atoms with Gasteiger partial charge in [0.05, 0.1) is 24.1 Å². The first kappa shape index (κ1) is 15.3. The maximum atomic E-state index is 11.9. The number of aliphatic hydroxyl groups excluding tert-OH is 1. The highest BCUT2D eigenvalue weighted by Crippen LogP contribution is 2.22. The van der Waals surface area contributed by atoms with Crippen LogP contribution in [-0.2, 0) is 4.74 Å². The van der Waals surface area contributed by atoms with Crippen LogP contribution >= 0.6 is 0 Å². The zero-order valence-electron chi connectivity index (χ0n) is 11.5. The number of carbonyl (C=O) groups excluding carboxylic acids is 1. The number of ether oxygens (including phenoxy) is 1. The molecule has 0 saturated heterocycles. The fourth-order valence-electron chi connectivity index (χ4n) is 1.67. The Bertz CT molecular complexity index is 435. The summed E-state index contributed by atoms with van der Waals surface area (Å²) in [5.41, 5.74) is 7.73. The van der Waals surface area contributed by atoms with Gasteiger partial charge in [0.25, 0.3) is 5.91 Å². The van der Waals surface area contributed by atoms with Crippen LogP contribution in [0, 0.1) is 0 Å². The first-order chi connectivity index (χ1) is 8.95. The number of carbonyl (C=O) groups is 1. The monoisotopic (exact) mass is 267 g/mol. The van der Waals surface area contributed by atoms with Crippen molar-refractivity contribution < 1.29 is 14.6 Å². The van der Waals surface area contributed by atoms with Crippen LogP contribution in [-0.4, -0.2) is 51.5 Å². The van der Waals surface area contributed by atoms with Gasteiger partial charge in [0.2, 0.25) is 0 Å². The van der Waals surface area contributed by atoms with Gasteiger partial charge in [0.1, 0.15) is 0 Å². The van der Waals surface area contributed by atoms with E-state index in [9.17, 15) is 9.90 Å². The van der Waals surface area contributed by atoms with Gasteiger partial charge < -0.3 is 25.8 Å². The molecule has 0 heterocycles. The molecule has 106 valence electrons. The molecule has 0 spiro atoms. The minimum absolute atomic E-state index is 0.141. The van der Waals surface area contributed by atoms with Gasteiger partial charge >= 0.3 is 0 Å². The maximum Gasteiger partial charge on any atom is 0.251 e. The van der Waals surface area contributed by atoms with Crippen molar-refractivity contribution in [2.45, 2.75) is 6.10 Å². The van der Waals surface area contributed by atoms with E-state index in [1.807, 2.05) is 19.0 Å². The fraction of sp³-hybridized carbons (Fsp3) is 0.462. The lowest BCUT2D eigenvalue weighted by Crippen LogP contribution is -2.34. The average Bonchev–Trinajstić information content (AvgIpc) is 2.35. The van der Waals surface area contributed by atoms with Crippen LogP contribution < -0.4 is 16.0 Å².